The lowest BCUT2D eigenvalue weighted by molar-refractivity contribution is -0.384. The van der Waals surface area contributed by atoms with Gasteiger partial charge in [-0.15, -0.1) is 0 Å². The minimum atomic E-state index is -0.513. The van der Waals surface area contributed by atoms with E-state index >= 15 is 0 Å². The molecule has 1 rings (SSSR count). The van der Waals surface area contributed by atoms with Gasteiger partial charge in [0.25, 0.3) is 5.69 Å². The van der Waals surface area contributed by atoms with Gasteiger partial charge in [-0.2, -0.15) is 0 Å². The number of carbonyl (C=O) groups excluding carboxylic acids is 1. The molecule has 0 spiro atoms. The fraction of sp³-hybridized carbons (Fsp3) is 0.100. The summed E-state index contributed by atoms with van der Waals surface area (Å²) in [6.45, 7) is 0. The Kier molecular flexibility index (Phi) is 3.56. The molecule has 0 N–H and O–H groups in total. The Morgan fingerprint density at radius 1 is 1.40 bits per heavy atom. The molecule has 0 atom stereocenters. The maximum absolute atomic E-state index is 10.6. The van der Waals surface area contributed by atoms with E-state index in [4.69, 9.17) is 4.74 Å². The third-order valence-electron chi connectivity index (χ3n) is 1.73. The van der Waals surface area contributed by atoms with Crippen LogP contribution in [0.4, 0.5) is 5.69 Å². The first-order valence-corrected chi connectivity index (χ1v) is 4.12. The molecule has 0 amide bonds. The summed E-state index contributed by atoms with van der Waals surface area (Å²) >= 11 is 0. The highest BCUT2D eigenvalue weighted by Crippen LogP contribution is 2.23. The number of nitrogens with zero attached hydrogens (tertiary/aromatic N) is 1. The standard InChI is InChI=1S/C10H9NO4/c1-15-10-6-8(3-2-4-12)5-9(7-10)11(13)14/h2-7H,1H3/b3-2+. The van der Waals surface area contributed by atoms with Crippen molar-refractivity contribution in [3.8, 4) is 5.75 Å². The minimum Gasteiger partial charge on any atom is -0.496 e. The van der Waals surface area contributed by atoms with Gasteiger partial charge in [-0.1, -0.05) is 6.08 Å². The van der Waals surface area contributed by atoms with E-state index in [1.54, 1.807) is 6.07 Å². The zero-order valence-corrected chi connectivity index (χ0v) is 8.04. The van der Waals surface area contributed by atoms with Crippen LogP contribution in [-0.4, -0.2) is 18.3 Å². The van der Waals surface area contributed by atoms with E-state index in [9.17, 15) is 14.9 Å². The van der Waals surface area contributed by atoms with Gasteiger partial charge >= 0.3 is 0 Å². The van der Waals surface area contributed by atoms with Crippen LogP contribution in [0.5, 0.6) is 5.75 Å². The lowest BCUT2D eigenvalue weighted by atomic mass is 10.2. The Morgan fingerprint density at radius 3 is 2.67 bits per heavy atom. The molecule has 0 fully saturated rings. The van der Waals surface area contributed by atoms with Gasteiger partial charge in [0.1, 0.15) is 12.0 Å². The third-order valence-corrected chi connectivity index (χ3v) is 1.73. The van der Waals surface area contributed by atoms with Gasteiger partial charge in [0.05, 0.1) is 18.1 Å². The van der Waals surface area contributed by atoms with Crippen molar-refractivity contribution in [3.63, 3.8) is 0 Å². The molecule has 78 valence electrons. The number of non-ortho nitro benzene ring substituents is 1. The van der Waals surface area contributed by atoms with Crippen LogP contribution in [0.2, 0.25) is 0 Å². The van der Waals surface area contributed by atoms with Crippen LogP contribution >= 0.6 is 0 Å². The van der Waals surface area contributed by atoms with Crippen molar-refractivity contribution in [2.45, 2.75) is 0 Å². The summed E-state index contributed by atoms with van der Waals surface area (Å²) in [5.41, 5.74) is 0.480. The molecule has 15 heavy (non-hydrogen) atoms. The Bertz CT molecular complexity index is 412. The first-order valence-electron chi connectivity index (χ1n) is 4.12. The molecule has 5 nitrogen and oxygen atoms in total. The van der Waals surface area contributed by atoms with Crippen molar-refractivity contribution in [1.82, 2.24) is 0 Å². The van der Waals surface area contributed by atoms with Crippen molar-refractivity contribution >= 4 is 18.0 Å². The van der Waals surface area contributed by atoms with Crippen LogP contribution in [0, 0.1) is 10.1 Å². The van der Waals surface area contributed by atoms with E-state index in [0.717, 1.165) is 0 Å². The number of nitro benzene ring substituents is 1. The van der Waals surface area contributed by atoms with Crippen LogP contribution in [0.15, 0.2) is 24.3 Å². The van der Waals surface area contributed by atoms with E-state index in [-0.39, 0.29) is 5.69 Å². The summed E-state index contributed by atoms with van der Waals surface area (Å²) in [4.78, 5) is 20.1. The summed E-state index contributed by atoms with van der Waals surface area (Å²) in [7, 11) is 1.42. The van der Waals surface area contributed by atoms with Crippen LogP contribution in [0.25, 0.3) is 6.08 Å². The molecule has 0 radical (unpaired) electrons. The molecule has 0 saturated heterocycles. The summed E-state index contributed by atoms with van der Waals surface area (Å²) in [6, 6.07) is 4.29. The van der Waals surface area contributed by atoms with Crippen molar-refractivity contribution in [2.24, 2.45) is 0 Å². The SMILES string of the molecule is COc1cc(/C=C/C=O)cc([N+](=O)[O-])c1. The molecule has 5 heteroatoms. The number of carbonyl (C=O) groups is 1. The third kappa shape index (κ3) is 2.91. The lowest BCUT2D eigenvalue weighted by Crippen LogP contribution is -1.91. The van der Waals surface area contributed by atoms with Gasteiger partial charge in [0.15, 0.2) is 0 Å². The molecule has 0 bridgehead atoms. The second kappa shape index (κ2) is 4.90. The highest BCUT2D eigenvalue weighted by molar-refractivity contribution is 5.74. The van der Waals surface area contributed by atoms with Gasteiger partial charge in [-0.05, 0) is 17.7 Å². The first-order chi connectivity index (χ1) is 7.17. The number of ether oxygens (including phenoxy) is 1. The van der Waals surface area contributed by atoms with Gasteiger partial charge in [0.2, 0.25) is 0 Å². The predicted molar refractivity (Wildman–Crippen MR) is 54.7 cm³/mol. The van der Waals surface area contributed by atoms with E-state index in [1.807, 2.05) is 0 Å². The quantitative estimate of drug-likeness (QED) is 0.327. The fourth-order valence-electron chi connectivity index (χ4n) is 1.08. The zero-order chi connectivity index (χ0) is 11.3. The number of aldehydes is 1. The van der Waals surface area contributed by atoms with E-state index in [2.05, 4.69) is 0 Å². The molecule has 0 aliphatic heterocycles. The second-order valence-corrected chi connectivity index (χ2v) is 2.72. The number of hydrogen-bond acceptors (Lipinski definition) is 4. The molecule has 0 aliphatic carbocycles. The van der Waals surface area contributed by atoms with E-state index in [0.29, 0.717) is 17.6 Å². The van der Waals surface area contributed by atoms with Crippen molar-refractivity contribution in [2.75, 3.05) is 7.11 Å². The Balaban J connectivity index is 3.16. The maximum Gasteiger partial charge on any atom is 0.273 e. The molecule has 1 aromatic rings. The second-order valence-electron chi connectivity index (χ2n) is 2.72. The van der Waals surface area contributed by atoms with Crippen LogP contribution in [-0.2, 0) is 4.79 Å². The minimum absolute atomic E-state index is 0.0695. The monoisotopic (exact) mass is 207 g/mol. The molecular formula is C10H9NO4. The highest BCUT2D eigenvalue weighted by Gasteiger charge is 2.08. The summed E-state index contributed by atoms with van der Waals surface area (Å²) < 4.78 is 4.90. The number of allylic oxidation sites excluding steroid dienone is 1. The predicted octanol–water partition coefficient (Wildman–Crippen LogP) is 1.82. The first kappa shape index (κ1) is 10.9. The fourth-order valence-corrected chi connectivity index (χ4v) is 1.08. The van der Waals surface area contributed by atoms with Gasteiger partial charge in [-0.3, -0.25) is 14.9 Å². The molecule has 0 aliphatic rings. The van der Waals surface area contributed by atoms with E-state index < -0.39 is 4.92 Å². The average Bonchev–Trinajstić information content (AvgIpc) is 2.25. The van der Waals surface area contributed by atoms with Crippen LogP contribution < -0.4 is 4.74 Å². The van der Waals surface area contributed by atoms with Crippen LogP contribution in [0.3, 0.4) is 0 Å². The topological polar surface area (TPSA) is 69.4 Å². The Labute approximate surface area is 86.1 Å². The van der Waals surface area contributed by atoms with Crippen LogP contribution in [0.1, 0.15) is 5.56 Å². The van der Waals surface area contributed by atoms with Gasteiger partial charge < -0.3 is 4.74 Å². The summed E-state index contributed by atoms with van der Waals surface area (Å²) in [5.74, 6) is 0.384. The largest absolute Gasteiger partial charge is 0.496 e. The van der Waals surface area contributed by atoms with Gasteiger partial charge in [0, 0.05) is 6.07 Å². The summed E-state index contributed by atoms with van der Waals surface area (Å²) in [6.07, 6.45) is 3.34. The molecule has 0 saturated carbocycles. The van der Waals surface area contributed by atoms with Crippen molar-refractivity contribution in [3.05, 3.63) is 40.0 Å². The molecular weight excluding hydrogens is 198 g/mol. The van der Waals surface area contributed by atoms with Crippen molar-refractivity contribution in [1.29, 1.82) is 0 Å². The number of nitro groups is 1. The van der Waals surface area contributed by atoms with E-state index in [1.165, 1.54) is 31.4 Å². The molecule has 0 aromatic heterocycles. The number of methoxy groups -OCH3 is 1. The molecule has 1 aromatic carbocycles. The maximum atomic E-state index is 10.6. The number of benzene rings is 1. The molecule has 0 unspecified atom stereocenters. The lowest BCUT2D eigenvalue weighted by Gasteiger charge is -2.01. The zero-order valence-electron chi connectivity index (χ0n) is 8.04. The normalized spacial score (nSPS) is 10.2. The number of rotatable bonds is 4. The molecule has 0 heterocycles. The number of hydrogen-bond donors (Lipinski definition) is 0. The van der Waals surface area contributed by atoms with Crippen molar-refractivity contribution < 1.29 is 14.5 Å². The summed E-state index contributed by atoms with van der Waals surface area (Å²) in [5, 5.41) is 10.6. The van der Waals surface area contributed by atoms with Gasteiger partial charge in [-0.25, -0.2) is 0 Å². The smallest absolute Gasteiger partial charge is 0.273 e. The highest BCUT2D eigenvalue weighted by atomic mass is 16.6. The Morgan fingerprint density at radius 2 is 2.13 bits per heavy atom. The average molecular weight is 207 g/mol. The Hall–Kier alpha value is -2.17.